The summed E-state index contributed by atoms with van der Waals surface area (Å²) in [6.07, 6.45) is 0. The predicted octanol–water partition coefficient (Wildman–Crippen LogP) is 4.56. The van der Waals surface area contributed by atoms with Crippen molar-refractivity contribution in [2.45, 2.75) is 0 Å². The Hall–Kier alpha value is -4.19. The van der Waals surface area contributed by atoms with Crippen LogP contribution in [-0.4, -0.2) is 26.0 Å². The van der Waals surface area contributed by atoms with Gasteiger partial charge in [-0.1, -0.05) is 36.4 Å². The minimum absolute atomic E-state index is 0.0666. The average Bonchev–Trinajstić information content (AvgIpc) is 3.21. The van der Waals surface area contributed by atoms with Crippen molar-refractivity contribution in [2.75, 3.05) is 7.11 Å². The first kappa shape index (κ1) is 17.7. The standard InChI is InChI=1S/C25H18N4O2/c1-28-18-12-6-3-9-15(18)22(30)21-24(28)27-23(16-10-4-8-14-20(16)31-2)29-19-13-7-5-11-17(19)26-25(21)29/h3-14H,1-2H3. The van der Waals surface area contributed by atoms with Crippen LogP contribution in [0.15, 0.2) is 77.6 Å². The Labute approximate surface area is 177 Å². The smallest absolute Gasteiger partial charge is 0.202 e. The van der Waals surface area contributed by atoms with Crippen molar-refractivity contribution in [3.05, 3.63) is 83.0 Å². The Balaban J connectivity index is 1.94. The molecule has 3 heterocycles. The molecular weight excluding hydrogens is 388 g/mol. The number of hydrogen-bond donors (Lipinski definition) is 0. The highest BCUT2D eigenvalue weighted by atomic mass is 16.5. The topological polar surface area (TPSA) is 61.4 Å². The maximum Gasteiger partial charge on any atom is 0.202 e. The fraction of sp³-hybridized carbons (Fsp3) is 0.0800. The lowest BCUT2D eigenvalue weighted by atomic mass is 10.1. The number of pyridine rings is 1. The lowest BCUT2D eigenvalue weighted by Crippen LogP contribution is -2.13. The summed E-state index contributed by atoms with van der Waals surface area (Å²) in [4.78, 5) is 23.5. The molecule has 0 bridgehead atoms. The highest BCUT2D eigenvalue weighted by molar-refractivity contribution is 6.02. The zero-order chi connectivity index (χ0) is 21.1. The molecule has 3 aromatic heterocycles. The van der Waals surface area contributed by atoms with Crippen molar-refractivity contribution >= 4 is 38.6 Å². The number of fused-ring (bicyclic) bond motifs is 6. The van der Waals surface area contributed by atoms with Crippen LogP contribution in [0, 0.1) is 0 Å². The molecule has 0 saturated heterocycles. The highest BCUT2D eigenvalue weighted by Crippen LogP contribution is 2.33. The molecule has 3 aromatic carbocycles. The van der Waals surface area contributed by atoms with Gasteiger partial charge >= 0.3 is 0 Å². The third-order valence-corrected chi connectivity index (χ3v) is 5.83. The summed E-state index contributed by atoms with van der Waals surface area (Å²) in [5.74, 6) is 1.39. The molecule has 0 amide bonds. The van der Waals surface area contributed by atoms with Gasteiger partial charge in [-0.15, -0.1) is 0 Å². The van der Waals surface area contributed by atoms with E-state index >= 15 is 0 Å². The second-order valence-electron chi connectivity index (χ2n) is 7.50. The average molecular weight is 406 g/mol. The van der Waals surface area contributed by atoms with Crippen molar-refractivity contribution < 1.29 is 4.74 Å². The largest absolute Gasteiger partial charge is 0.496 e. The van der Waals surface area contributed by atoms with Crippen molar-refractivity contribution in [1.29, 1.82) is 0 Å². The Morgan fingerprint density at radius 1 is 0.806 bits per heavy atom. The number of hydrogen-bond acceptors (Lipinski definition) is 4. The molecule has 0 spiro atoms. The van der Waals surface area contributed by atoms with E-state index in [2.05, 4.69) is 0 Å². The highest BCUT2D eigenvalue weighted by Gasteiger charge is 2.21. The number of ether oxygens (including phenoxy) is 1. The summed E-state index contributed by atoms with van der Waals surface area (Å²) in [7, 11) is 3.58. The van der Waals surface area contributed by atoms with Gasteiger partial charge in [0.1, 0.15) is 16.8 Å². The summed E-state index contributed by atoms with van der Waals surface area (Å²) in [6, 6.07) is 23.2. The Kier molecular flexibility index (Phi) is 3.65. The number of aromatic nitrogens is 4. The lowest BCUT2D eigenvalue weighted by Gasteiger charge is -2.15. The van der Waals surface area contributed by atoms with Gasteiger partial charge in [0.15, 0.2) is 11.5 Å². The Morgan fingerprint density at radius 3 is 2.35 bits per heavy atom. The van der Waals surface area contributed by atoms with Crippen molar-refractivity contribution in [1.82, 2.24) is 18.9 Å². The van der Waals surface area contributed by atoms with E-state index in [-0.39, 0.29) is 5.43 Å². The van der Waals surface area contributed by atoms with Crippen molar-refractivity contribution in [3.8, 4) is 17.1 Å². The van der Waals surface area contributed by atoms with Crippen LogP contribution in [0.4, 0.5) is 0 Å². The number of nitrogens with zero attached hydrogens (tertiary/aromatic N) is 4. The second-order valence-corrected chi connectivity index (χ2v) is 7.50. The zero-order valence-corrected chi connectivity index (χ0v) is 17.0. The number of rotatable bonds is 2. The number of para-hydroxylation sites is 4. The normalized spacial score (nSPS) is 11.7. The van der Waals surface area contributed by atoms with Gasteiger partial charge < -0.3 is 9.30 Å². The van der Waals surface area contributed by atoms with Crippen LogP contribution in [0.3, 0.4) is 0 Å². The SMILES string of the molecule is COc1ccccc1-c1nc2c(c(=O)c3ccccc3n2C)c2nc3ccccc3n12. The molecule has 6 heteroatoms. The Morgan fingerprint density at radius 2 is 1.52 bits per heavy atom. The summed E-state index contributed by atoms with van der Waals surface area (Å²) >= 11 is 0. The van der Waals surface area contributed by atoms with Crippen LogP contribution in [0.1, 0.15) is 0 Å². The molecule has 150 valence electrons. The zero-order valence-electron chi connectivity index (χ0n) is 17.0. The minimum Gasteiger partial charge on any atom is -0.496 e. The van der Waals surface area contributed by atoms with Gasteiger partial charge in [-0.25, -0.2) is 9.97 Å². The molecule has 0 aliphatic heterocycles. The van der Waals surface area contributed by atoms with Crippen LogP contribution in [0.5, 0.6) is 5.75 Å². The summed E-state index contributed by atoms with van der Waals surface area (Å²) in [6.45, 7) is 0. The van der Waals surface area contributed by atoms with E-state index in [1.54, 1.807) is 7.11 Å². The molecule has 6 rings (SSSR count). The fourth-order valence-electron chi connectivity index (χ4n) is 4.38. The fourth-order valence-corrected chi connectivity index (χ4v) is 4.38. The maximum absolute atomic E-state index is 13.6. The van der Waals surface area contributed by atoms with Crippen LogP contribution < -0.4 is 10.2 Å². The summed E-state index contributed by atoms with van der Waals surface area (Å²) < 4.78 is 9.56. The van der Waals surface area contributed by atoms with E-state index in [1.165, 1.54) is 0 Å². The summed E-state index contributed by atoms with van der Waals surface area (Å²) in [5, 5.41) is 1.16. The molecule has 0 radical (unpaired) electrons. The molecule has 6 aromatic rings. The van der Waals surface area contributed by atoms with E-state index in [0.29, 0.717) is 33.6 Å². The molecule has 0 fully saturated rings. The molecule has 0 unspecified atom stereocenters. The number of methoxy groups -OCH3 is 1. The number of aryl methyl sites for hydroxylation is 1. The first-order valence-corrected chi connectivity index (χ1v) is 10.0. The van der Waals surface area contributed by atoms with E-state index in [0.717, 1.165) is 22.1 Å². The third kappa shape index (κ3) is 2.36. The van der Waals surface area contributed by atoms with Crippen LogP contribution in [0.25, 0.3) is 50.0 Å². The molecule has 0 aliphatic carbocycles. The van der Waals surface area contributed by atoms with Crippen molar-refractivity contribution in [2.24, 2.45) is 7.05 Å². The molecule has 0 N–H and O–H groups in total. The van der Waals surface area contributed by atoms with Crippen LogP contribution in [-0.2, 0) is 7.05 Å². The number of imidazole rings is 1. The third-order valence-electron chi connectivity index (χ3n) is 5.83. The molecule has 31 heavy (non-hydrogen) atoms. The second kappa shape index (κ2) is 6.40. The van der Waals surface area contributed by atoms with Gasteiger partial charge in [-0.2, -0.15) is 0 Å². The van der Waals surface area contributed by atoms with Gasteiger partial charge in [0.05, 0.1) is 29.2 Å². The van der Waals surface area contributed by atoms with Crippen LogP contribution >= 0.6 is 0 Å². The summed E-state index contributed by atoms with van der Waals surface area (Å²) in [5.41, 5.74) is 4.49. The van der Waals surface area contributed by atoms with Gasteiger partial charge in [-0.05, 0) is 36.4 Å². The molecule has 0 saturated carbocycles. The first-order valence-electron chi connectivity index (χ1n) is 10.0. The molecule has 0 aliphatic rings. The molecular formula is C25H18N4O2. The first-order chi connectivity index (χ1) is 15.2. The van der Waals surface area contributed by atoms with Gasteiger partial charge in [0.25, 0.3) is 0 Å². The van der Waals surface area contributed by atoms with Gasteiger partial charge in [0.2, 0.25) is 5.43 Å². The molecule has 6 nitrogen and oxygen atoms in total. The van der Waals surface area contributed by atoms with E-state index in [9.17, 15) is 4.79 Å². The Bertz CT molecular complexity index is 1710. The minimum atomic E-state index is -0.0666. The lowest BCUT2D eigenvalue weighted by molar-refractivity contribution is 0.416. The van der Waals surface area contributed by atoms with Gasteiger partial charge in [-0.3, -0.25) is 9.20 Å². The predicted molar refractivity (Wildman–Crippen MR) is 123 cm³/mol. The number of benzene rings is 3. The van der Waals surface area contributed by atoms with E-state index in [1.807, 2.05) is 88.8 Å². The quantitative estimate of drug-likeness (QED) is 0.396. The van der Waals surface area contributed by atoms with E-state index in [4.69, 9.17) is 14.7 Å². The van der Waals surface area contributed by atoms with E-state index < -0.39 is 0 Å². The maximum atomic E-state index is 13.6. The van der Waals surface area contributed by atoms with Crippen LogP contribution in [0.2, 0.25) is 0 Å². The monoisotopic (exact) mass is 406 g/mol. The molecule has 0 atom stereocenters. The van der Waals surface area contributed by atoms with Gasteiger partial charge in [0, 0.05) is 12.4 Å². The van der Waals surface area contributed by atoms with Crippen molar-refractivity contribution in [3.63, 3.8) is 0 Å².